The van der Waals surface area contributed by atoms with Crippen LogP contribution in [0.25, 0.3) is 0 Å². The molecule has 0 N–H and O–H groups in total. The van der Waals surface area contributed by atoms with Crippen molar-refractivity contribution in [2.75, 3.05) is 19.6 Å². The van der Waals surface area contributed by atoms with Crippen molar-refractivity contribution in [3.05, 3.63) is 18.0 Å². The molecule has 3 nitrogen and oxygen atoms in total. The third kappa shape index (κ3) is 2.86. The molecule has 3 aliphatic rings. The third-order valence-electron chi connectivity index (χ3n) is 7.17. The van der Waals surface area contributed by atoms with Gasteiger partial charge in [0.05, 0.1) is 12.2 Å². The number of piperidine rings is 1. The fraction of sp³-hybridized carbons (Fsp3) is 0.850. The predicted molar refractivity (Wildman–Crippen MR) is 94.6 cm³/mol. The van der Waals surface area contributed by atoms with E-state index in [1.165, 1.54) is 70.1 Å². The monoisotopic (exact) mass is 315 g/mol. The molecule has 0 radical (unpaired) electrons. The minimum atomic E-state index is 0.456. The van der Waals surface area contributed by atoms with Gasteiger partial charge in [0.15, 0.2) is 0 Å². The van der Waals surface area contributed by atoms with Crippen molar-refractivity contribution in [2.24, 2.45) is 11.3 Å². The molecule has 0 unspecified atom stereocenters. The minimum Gasteiger partial charge on any atom is -0.303 e. The molecule has 23 heavy (non-hydrogen) atoms. The molecular formula is C20H33N3. The quantitative estimate of drug-likeness (QED) is 0.803. The van der Waals surface area contributed by atoms with E-state index in [-0.39, 0.29) is 0 Å². The Morgan fingerprint density at radius 1 is 1.17 bits per heavy atom. The zero-order valence-corrected chi connectivity index (χ0v) is 15.2. The summed E-state index contributed by atoms with van der Waals surface area (Å²) in [6.45, 7) is 11.0. The lowest BCUT2D eigenvalue weighted by Crippen LogP contribution is -2.44. The van der Waals surface area contributed by atoms with Gasteiger partial charge in [-0.3, -0.25) is 4.68 Å². The highest BCUT2D eigenvalue weighted by Crippen LogP contribution is 2.53. The van der Waals surface area contributed by atoms with E-state index in [1.54, 1.807) is 0 Å². The minimum absolute atomic E-state index is 0.456. The fourth-order valence-corrected chi connectivity index (χ4v) is 4.95. The van der Waals surface area contributed by atoms with Gasteiger partial charge in [-0.25, -0.2) is 0 Å². The van der Waals surface area contributed by atoms with E-state index in [2.05, 4.69) is 42.7 Å². The maximum absolute atomic E-state index is 4.75. The second-order valence-corrected chi connectivity index (χ2v) is 9.19. The normalized spacial score (nSPS) is 27.1. The van der Waals surface area contributed by atoms with Crippen molar-refractivity contribution < 1.29 is 0 Å². The first-order chi connectivity index (χ1) is 11.0. The van der Waals surface area contributed by atoms with Gasteiger partial charge in [0.1, 0.15) is 0 Å². The molecule has 0 bridgehead atoms. The van der Waals surface area contributed by atoms with Gasteiger partial charge in [-0.05, 0) is 55.4 Å². The van der Waals surface area contributed by atoms with Crippen molar-refractivity contribution >= 4 is 0 Å². The van der Waals surface area contributed by atoms with Crippen LogP contribution in [0.15, 0.2) is 12.4 Å². The van der Waals surface area contributed by atoms with Crippen LogP contribution in [0, 0.1) is 11.3 Å². The van der Waals surface area contributed by atoms with E-state index in [4.69, 9.17) is 5.10 Å². The van der Waals surface area contributed by atoms with Crippen LogP contribution in [-0.4, -0.2) is 34.3 Å². The summed E-state index contributed by atoms with van der Waals surface area (Å²) in [6.07, 6.45) is 14.1. The Bertz CT molecular complexity index is 543. The Balaban J connectivity index is 1.35. The van der Waals surface area contributed by atoms with E-state index in [0.29, 0.717) is 16.9 Å². The highest BCUT2D eigenvalue weighted by Gasteiger charge is 2.47. The van der Waals surface area contributed by atoms with Gasteiger partial charge in [0, 0.05) is 31.2 Å². The van der Waals surface area contributed by atoms with E-state index >= 15 is 0 Å². The van der Waals surface area contributed by atoms with Crippen molar-refractivity contribution in [2.45, 2.75) is 77.2 Å². The van der Waals surface area contributed by atoms with Crippen LogP contribution >= 0.6 is 0 Å². The summed E-state index contributed by atoms with van der Waals surface area (Å²) in [5.74, 6) is 0.741. The number of rotatable bonds is 5. The molecule has 1 aromatic heterocycles. The maximum atomic E-state index is 4.75. The first kappa shape index (κ1) is 15.7. The van der Waals surface area contributed by atoms with E-state index in [0.717, 1.165) is 5.92 Å². The van der Waals surface area contributed by atoms with Crippen molar-refractivity contribution in [1.29, 1.82) is 0 Å². The smallest absolute Gasteiger partial charge is 0.0543 e. The molecule has 4 rings (SSSR count). The van der Waals surface area contributed by atoms with Crippen molar-refractivity contribution in [1.82, 2.24) is 14.7 Å². The first-order valence-corrected chi connectivity index (χ1v) is 9.78. The van der Waals surface area contributed by atoms with Crippen LogP contribution in [0.3, 0.4) is 0 Å². The van der Waals surface area contributed by atoms with Gasteiger partial charge in [-0.15, -0.1) is 0 Å². The van der Waals surface area contributed by atoms with E-state index < -0.39 is 0 Å². The predicted octanol–water partition coefficient (Wildman–Crippen LogP) is 4.40. The average molecular weight is 316 g/mol. The average Bonchev–Trinajstić information content (AvgIpc) is 3.18. The molecule has 3 heteroatoms. The summed E-state index contributed by atoms with van der Waals surface area (Å²) in [4.78, 5) is 2.70. The molecule has 0 amide bonds. The van der Waals surface area contributed by atoms with Gasteiger partial charge in [-0.2, -0.15) is 5.10 Å². The summed E-state index contributed by atoms with van der Waals surface area (Å²) in [5, 5.41) is 4.75. The lowest BCUT2D eigenvalue weighted by Gasteiger charge is -2.44. The van der Waals surface area contributed by atoms with Gasteiger partial charge >= 0.3 is 0 Å². The standard InChI is InChI=1S/C20H33N3/c1-16(2)20(9-10-20)17-13-21-23(14-17)18-5-11-22(12-6-18)15-19(3)7-4-8-19/h13-14,16,18H,4-12,15H2,1-3H3. The molecule has 1 aromatic rings. The Kier molecular flexibility index (Phi) is 3.83. The first-order valence-electron chi connectivity index (χ1n) is 9.78. The van der Waals surface area contributed by atoms with Gasteiger partial charge < -0.3 is 4.90 Å². The third-order valence-corrected chi connectivity index (χ3v) is 7.17. The Labute approximate surface area is 141 Å². The van der Waals surface area contributed by atoms with Crippen LogP contribution < -0.4 is 0 Å². The zero-order chi connectivity index (χ0) is 16.1. The molecule has 128 valence electrons. The molecule has 1 aliphatic heterocycles. The van der Waals surface area contributed by atoms with Crippen LogP contribution in [0.5, 0.6) is 0 Å². The zero-order valence-electron chi connectivity index (χ0n) is 15.2. The van der Waals surface area contributed by atoms with Crippen molar-refractivity contribution in [3.63, 3.8) is 0 Å². The maximum Gasteiger partial charge on any atom is 0.0543 e. The largest absolute Gasteiger partial charge is 0.303 e. The SMILES string of the molecule is CC(C)C1(c2cnn(C3CCN(CC4(C)CCC4)CC3)c2)CC1. The lowest BCUT2D eigenvalue weighted by atomic mass is 9.70. The molecule has 2 saturated carbocycles. The van der Waals surface area contributed by atoms with Crippen LogP contribution in [0.4, 0.5) is 0 Å². The molecule has 3 fully saturated rings. The summed E-state index contributed by atoms with van der Waals surface area (Å²) in [7, 11) is 0. The molecular weight excluding hydrogens is 282 g/mol. The molecule has 1 saturated heterocycles. The second-order valence-electron chi connectivity index (χ2n) is 9.19. The Hall–Kier alpha value is -0.830. The Morgan fingerprint density at radius 3 is 2.39 bits per heavy atom. The highest BCUT2D eigenvalue weighted by atomic mass is 15.3. The van der Waals surface area contributed by atoms with E-state index in [9.17, 15) is 0 Å². The van der Waals surface area contributed by atoms with Crippen molar-refractivity contribution in [3.8, 4) is 0 Å². The van der Waals surface area contributed by atoms with Crippen LogP contribution in [0.1, 0.15) is 77.3 Å². The molecule has 0 aromatic carbocycles. The highest BCUT2D eigenvalue weighted by molar-refractivity contribution is 5.28. The molecule has 0 atom stereocenters. The van der Waals surface area contributed by atoms with Crippen LogP contribution in [-0.2, 0) is 5.41 Å². The fourth-order valence-electron chi connectivity index (χ4n) is 4.95. The van der Waals surface area contributed by atoms with Gasteiger partial charge in [-0.1, -0.05) is 27.2 Å². The topological polar surface area (TPSA) is 21.1 Å². The number of hydrogen-bond acceptors (Lipinski definition) is 2. The molecule has 0 spiro atoms. The second kappa shape index (κ2) is 5.61. The van der Waals surface area contributed by atoms with Crippen LogP contribution in [0.2, 0.25) is 0 Å². The van der Waals surface area contributed by atoms with E-state index in [1.807, 2.05) is 0 Å². The van der Waals surface area contributed by atoms with Gasteiger partial charge in [0.2, 0.25) is 0 Å². The lowest BCUT2D eigenvalue weighted by molar-refractivity contribution is 0.0637. The summed E-state index contributed by atoms with van der Waals surface area (Å²) >= 11 is 0. The summed E-state index contributed by atoms with van der Waals surface area (Å²) in [5.41, 5.74) is 2.58. The Morgan fingerprint density at radius 2 is 1.87 bits per heavy atom. The number of aromatic nitrogens is 2. The number of hydrogen-bond donors (Lipinski definition) is 0. The summed E-state index contributed by atoms with van der Waals surface area (Å²) in [6, 6.07) is 0.622. The number of likely N-dealkylation sites (tertiary alicyclic amines) is 1. The molecule has 2 aliphatic carbocycles. The van der Waals surface area contributed by atoms with Gasteiger partial charge in [0.25, 0.3) is 0 Å². The molecule has 2 heterocycles. The number of nitrogens with zero attached hydrogens (tertiary/aromatic N) is 3. The summed E-state index contributed by atoms with van der Waals surface area (Å²) < 4.78 is 2.29.